The number of benzene rings is 1. The first kappa shape index (κ1) is 15.1. The van der Waals surface area contributed by atoms with Crippen LogP contribution in [0.2, 0.25) is 0 Å². The summed E-state index contributed by atoms with van der Waals surface area (Å²) < 4.78 is 7.75. The molecule has 22 heavy (non-hydrogen) atoms. The molecule has 2 heterocycles. The molecule has 1 atom stereocenters. The lowest BCUT2D eigenvalue weighted by molar-refractivity contribution is -0.121. The minimum absolute atomic E-state index is 0.113. The van der Waals surface area contributed by atoms with Crippen molar-refractivity contribution in [3.63, 3.8) is 0 Å². The molecule has 1 fully saturated rings. The van der Waals surface area contributed by atoms with Crippen molar-refractivity contribution in [2.24, 2.45) is 0 Å². The van der Waals surface area contributed by atoms with E-state index < -0.39 is 0 Å². The Labute approximate surface area is 131 Å². The molecule has 0 radical (unpaired) electrons. The molecule has 1 saturated heterocycles. The van der Waals surface area contributed by atoms with Gasteiger partial charge in [-0.25, -0.2) is 0 Å². The molecule has 1 aromatic heterocycles. The predicted octanol–water partition coefficient (Wildman–Crippen LogP) is 2.89. The summed E-state index contributed by atoms with van der Waals surface area (Å²) in [5.74, 6) is 0.113. The highest BCUT2D eigenvalue weighted by molar-refractivity contribution is 5.84. The van der Waals surface area contributed by atoms with Gasteiger partial charge in [0.1, 0.15) is 0 Å². The van der Waals surface area contributed by atoms with Gasteiger partial charge in [-0.3, -0.25) is 4.79 Å². The fraction of sp³-hybridized carbons (Fsp3) is 0.500. The third-order valence-corrected chi connectivity index (χ3v) is 4.42. The molecule has 0 aliphatic carbocycles. The van der Waals surface area contributed by atoms with Crippen LogP contribution in [0.25, 0.3) is 10.9 Å². The molecule has 1 aliphatic heterocycles. The van der Waals surface area contributed by atoms with Crippen LogP contribution >= 0.6 is 0 Å². The maximum atomic E-state index is 12.0. The van der Waals surface area contributed by atoms with Crippen molar-refractivity contribution >= 4 is 16.8 Å². The van der Waals surface area contributed by atoms with Gasteiger partial charge >= 0.3 is 0 Å². The lowest BCUT2D eigenvalue weighted by Gasteiger charge is -2.11. The van der Waals surface area contributed by atoms with Crippen molar-refractivity contribution in [3.8, 4) is 0 Å². The SMILES string of the molecule is CCn1ccc2c(CCC(=O)NC[C@H]3CCCO3)cccc21. The highest BCUT2D eigenvalue weighted by Gasteiger charge is 2.16. The number of amides is 1. The average molecular weight is 300 g/mol. The van der Waals surface area contributed by atoms with Gasteiger partial charge in [0.2, 0.25) is 5.91 Å². The van der Waals surface area contributed by atoms with Gasteiger partial charge in [0.05, 0.1) is 6.10 Å². The third kappa shape index (κ3) is 3.33. The number of nitrogens with one attached hydrogen (secondary N) is 1. The molecule has 4 heteroatoms. The van der Waals surface area contributed by atoms with Crippen molar-refractivity contribution in [2.75, 3.05) is 13.2 Å². The highest BCUT2D eigenvalue weighted by atomic mass is 16.5. The van der Waals surface area contributed by atoms with Gasteiger partial charge in [-0.05, 0) is 43.9 Å². The van der Waals surface area contributed by atoms with Crippen molar-refractivity contribution < 1.29 is 9.53 Å². The van der Waals surface area contributed by atoms with E-state index in [1.807, 2.05) is 0 Å². The number of hydrogen-bond acceptors (Lipinski definition) is 2. The monoisotopic (exact) mass is 300 g/mol. The molecule has 0 spiro atoms. The van der Waals surface area contributed by atoms with Gasteiger partial charge in [0, 0.05) is 43.2 Å². The predicted molar refractivity (Wildman–Crippen MR) is 87.9 cm³/mol. The molecular weight excluding hydrogens is 276 g/mol. The summed E-state index contributed by atoms with van der Waals surface area (Å²) in [5.41, 5.74) is 2.50. The topological polar surface area (TPSA) is 43.3 Å². The Bertz CT molecular complexity index is 642. The second-order valence-electron chi connectivity index (χ2n) is 5.89. The standard InChI is InChI=1S/C18H24N2O2/c1-2-20-11-10-16-14(5-3-7-17(16)20)8-9-18(21)19-13-15-6-4-12-22-15/h3,5,7,10-11,15H,2,4,6,8-9,12-13H2,1H3,(H,19,21)/t15-/m1/s1. The highest BCUT2D eigenvalue weighted by Crippen LogP contribution is 2.21. The van der Waals surface area contributed by atoms with Crippen molar-refractivity contribution in [3.05, 3.63) is 36.0 Å². The largest absolute Gasteiger partial charge is 0.376 e. The average Bonchev–Trinajstić information content (AvgIpc) is 3.19. The Morgan fingerprint density at radius 3 is 3.09 bits per heavy atom. The van der Waals surface area contributed by atoms with E-state index in [1.54, 1.807) is 0 Å². The van der Waals surface area contributed by atoms with E-state index in [9.17, 15) is 4.79 Å². The second-order valence-corrected chi connectivity index (χ2v) is 5.89. The zero-order chi connectivity index (χ0) is 15.4. The third-order valence-electron chi connectivity index (χ3n) is 4.42. The minimum atomic E-state index is 0.113. The summed E-state index contributed by atoms with van der Waals surface area (Å²) in [6.07, 6.45) is 5.81. The van der Waals surface area contributed by atoms with Crippen LogP contribution in [0.1, 0.15) is 31.7 Å². The molecule has 2 aromatic rings. The van der Waals surface area contributed by atoms with E-state index in [1.165, 1.54) is 16.5 Å². The van der Waals surface area contributed by atoms with Gasteiger partial charge in [-0.15, -0.1) is 0 Å². The molecule has 0 bridgehead atoms. The van der Waals surface area contributed by atoms with E-state index in [2.05, 4.69) is 47.3 Å². The molecule has 1 aliphatic rings. The number of rotatable bonds is 6. The molecule has 4 nitrogen and oxygen atoms in total. The van der Waals surface area contributed by atoms with Gasteiger partial charge in [0.25, 0.3) is 0 Å². The van der Waals surface area contributed by atoms with Crippen molar-refractivity contribution in [1.29, 1.82) is 0 Å². The van der Waals surface area contributed by atoms with E-state index in [-0.39, 0.29) is 12.0 Å². The Morgan fingerprint density at radius 1 is 1.41 bits per heavy atom. The number of carbonyl (C=O) groups is 1. The molecule has 0 unspecified atom stereocenters. The van der Waals surface area contributed by atoms with Crippen LogP contribution in [0.5, 0.6) is 0 Å². The number of aromatic nitrogens is 1. The number of ether oxygens (including phenoxy) is 1. The Hall–Kier alpha value is -1.81. The molecule has 1 amide bonds. The second kappa shape index (κ2) is 6.97. The first-order chi connectivity index (χ1) is 10.8. The maximum absolute atomic E-state index is 12.0. The van der Waals surface area contributed by atoms with Crippen LogP contribution in [0.3, 0.4) is 0 Å². The summed E-state index contributed by atoms with van der Waals surface area (Å²) in [6, 6.07) is 8.49. The fourth-order valence-corrected chi connectivity index (χ4v) is 3.15. The van der Waals surface area contributed by atoms with Crippen LogP contribution in [-0.4, -0.2) is 29.7 Å². The summed E-state index contributed by atoms with van der Waals surface area (Å²) in [4.78, 5) is 12.0. The summed E-state index contributed by atoms with van der Waals surface area (Å²) >= 11 is 0. The Kier molecular flexibility index (Phi) is 4.78. The van der Waals surface area contributed by atoms with Crippen LogP contribution in [0.15, 0.2) is 30.5 Å². The molecular formula is C18H24N2O2. The number of aryl methyl sites for hydroxylation is 2. The molecule has 3 rings (SSSR count). The first-order valence-corrected chi connectivity index (χ1v) is 8.23. The normalized spacial score (nSPS) is 18.0. The van der Waals surface area contributed by atoms with Crippen LogP contribution in [0, 0.1) is 0 Å². The lowest BCUT2D eigenvalue weighted by atomic mass is 10.0. The number of fused-ring (bicyclic) bond motifs is 1. The Morgan fingerprint density at radius 2 is 2.32 bits per heavy atom. The fourth-order valence-electron chi connectivity index (χ4n) is 3.15. The number of carbonyl (C=O) groups excluding carboxylic acids is 1. The van der Waals surface area contributed by atoms with Gasteiger partial charge in [0.15, 0.2) is 0 Å². The van der Waals surface area contributed by atoms with E-state index in [4.69, 9.17) is 4.74 Å². The zero-order valence-corrected chi connectivity index (χ0v) is 13.2. The molecule has 0 saturated carbocycles. The minimum Gasteiger partial charge on any atom is -0.376 e. The van der Waals surface area contributed by atoms with Crippen molar-refractivity contribution in [2.45, 2.75) is 45.3 Å². The molecule has 118 valence electrons. The van der Waals surface area contributed by atoms with E-state index >= 15 is 0 Å². The van der Waals surface area contributed by atoms with Crippen LogP contribution < -0.4 is 5.32 Å². The maximum Gasteiger partial charge on any atom is 0.220 e. The Balaban J connectivity index is 1.56. The summed E-state index contributed by atoms with van der Waals surface area (Å²) in [5, 5.41) is 4.25. The van der Waals surface area contributed by atoms with Gasteiger partial charge < -0.3 is 14.6 Å². The number of nitrogens with zero attached hydrogens (tertiary/aromatic N) is 1. The van der Waals surface area contributed by atoms with Gasteiger partial charge in [-0.1, -0.05) is 12.1 Å². The smallest absolute Gasteiger partial charge is 0.220 e. The first-order valence-electron chi connectivity index (χ1n) is 8.23. The van der Waals surface area contributed by atoms with Crippen LogP contribution in [-0.2, 0) is 22.5 Å². The van der Waals surface area contributed by atoms with Gasteiger partial charge in [-0.2, -0.15) is 0 Å². The molecule has 1 aromatic carbocycles. The zero-order valence-electron chi connectivity index (χ0n) is 13.2. The summed E-state index contributed by atoms with van der Waals surface area (Å²) in [7, 11) is 0. The van der Waals surface area contributed by atoms with Crippen LogP contribution in [0.4, 0.5) is 0 Å². The lowest BCUT2D eigenvalue weighted by Crippen LogP contribution is -2.31. The van der Waals surface area contributed by atoms with Crippen molar-refractivity contribution in [1.82, 2.24) is 9.88 Å². The molecule has 1 N–H and O–H groups in total. The number of hydrogen-bond donors (Lipinski definition) is 1. The van der Waals surface area contributed by atoms with E-state index in [0.717, 1.165) is 32.4 Å². The van der Waals surface area contributed by atoms with E-state index in [0.29, 0.717) is 13.0 Å². The quantitative estimate of drug-likeness (QED) is 0.891. The summed E-state index contributed by atoms with van der Waals surface area (Å²) in [6.45, 7) is 4.59.